The van der Waals surface area contributed by atoms with Crippen LogP contribution >= 0.6 is 11.6 Å². The molecule has 0 saturated carbocycles. The molecule has 1 aromatic carbocycles. The average Bonchev–Trinajstić information content (AvgIpc) is 3.10. The van der Waals surface area contributed by atoms with Gasteiger partial charge in [-0.05, 0) is 18.9 Å². The van der Waals surface area contributed by atoms with E-state index in [2.05, 4.69) is 36.1 Å². The summed E-state index contributed by atoms with van der Waals surface area (Å²) in [4.78, 5) is 18.6. The van der Waals surface area contributed by atoms with E-state index in [-0.39, 0.29) is 5.91 Å². The Kier molecular flexibility index (Phi) is 4.27. The summed E-state index contributed by atoms with van der Waals surface area (Å²) in [6.45, 7) is 8.07. The number of fused-ring (bicyclic) bond motifs is 3. The molecule has 0 bridgehead atoms. The van der Waals surface area contributed by atoms with Crippen molar-refractivity contribution in [2.24, 2.45) is 5.92 Å². The van der Waals surface area contributed by atoms with Crippen molar-refractivity contribution < 1.29 is 4.79 Å². The van der Waals surface area contributed by atoms with E-state index in [0.717, 1.165) is 11.9 Å². The Morgan fingerprint density at radius 3 is 2.88 bits per heavy atom. The van der Waals surface area contributed by atoms with Crippen LogP contribution in [0.25, 0.3) is 10.9 Å². The monoisotopic (exact) mass is 370 g/mol. The quantitative estimate of drug-likeness (QED) is 0.751. The molecular weight excluding hydrogens is 348 g/mol. The maximum Gasteiger partial charge on any atom is 0.259 e. The third kappa shape index (κ3) is 2.80. The molecule has 4 rings (SSSR count). The zero-order valence-corrected chi connectivity index (χ0v) is 16.1. The van der Waals surface area contributed by atoms with Gasteiger partial charge in [0.05, 0.1) is 11.3 Å². The standard InChI is InChI=1S/C20H23ClN4O/c1-12(2)10-25-19(21)18(13(3)23-25)20(26)24-9-8-17-15(11-24)14-6-4-5-7-16(14)22-17/h4-7,12,22H,8-11H2,1-3H3. The molecule has 1 aliphatic heterocycles. The number of carbonyl (C=O) groups excluding carboxylic acids is 1. The van der Waals surface area contributed by atoms with Crippen LogP contribution in [0.15, 0.2) is 24.3 Å². The highest BCUT2D eigenvalue weighted by molar-refractivity contribution is 6.33. The molecule has 0 atom stereocenters. The Bertz CT molecular complexity index is 985. The zero-order valence-electron chi connectivity index (χ0n) is 15.3. The first-order chi connectivity index (χ1) is 12.5. The predicted molar refractivity (Wildman–Crippen MR) is 104 cm³/mol. The number of amides is 1. The van der Waals surface area contributed by atoms with Crippen LogP contribution in [0, 0.1) is 12.8 Å². The fourth-order valence-corrected chi connectivity index (χ4v) is 4.09. The van der Waals surface area contributed by atoms with Gasteiger partial charge in [0.15, 0.2) is 0 Å². The minimum absolute atomic E-state index is 0.0292. The highest BCUT2D eigenvalue weighted by atomic mass is 35.5. The number of para-hydroxylation sites is 1. The third-order valence-corrected chi connectivity index (χ3v) is 5.37. The number of aromatic nitrogens is 3. The summed E-state index contributed by atoms with van der Waals surface area (Å²) < 4.78 is 1.75. The highest BCUT2D eigenvalue weighted by Crippen LogP contribution is 2.30. The molecule has 2 aromatic heterocycles. The molecule has 136 valence electrons. The van der Waals surface area contributed by atoms with Gasteiger partial charge in [0, 0.05) is 48.2 Å². The van der Waals surface area contributed by atoms with Crippen LogP contribution in [0.3, 0.4) is 0 Å². The van der Waals surface area contributed by atoms with Gasteiger partial charge in [0.25, 0.3) is 5.91 Å². The summed E-state index contributed by atoms with van der Waals surface area (Å²) in [7, 11) is 0. The Hall–Kier alpha value is -2.27. The van der Waals surface area contributed by atoms with Crippen molar-refractivity contribution >= 4 is 28.4 Å². The number of H-pyrrole nitrogens is 1. The Balaban J connectivity index is 1.65. The van der Waals surface area contributed by atoms with Crippen LogP contribution < -0.4 is 0 Å². The highest BCUT2D eigenvalue weighted by Gasteiger charge is 2.29. The van der Waals surface area contributed by atoms with Crippen molar-refractivity contribution in [1.29, 1.82) is 0 Å². The molecule has 0 saturated heterocycles. The van der Waals surface area contributed by atoms with Gasteiger partial charge in [-0.25, -0.2) is 0 Å². The third-order valence-electron chi connectivity index (χ3n) is 4.99. The van der Waals surface area contributed by atoms with Crippen molar-refractivity contribution in [3.8, 4) is 0 Å². The van der Waals surface area contributed by atoms with E-state index in [1.807, 2.05) is 24.0 Å². The molecule has 1 amide bonds. The lowest BCUT2D eigenvalue weighted by molar-refractivity contribution is 0.0734. The fraction of sp³-hybridized carbons (Fsp3) is 0.400. The van der Waals surface area contributed by atoms with Gasteiger partial charge in [-0.3, -0.25) is 9.48 Å². The number of aryl methyl sites for hydroxylation is 1. The number of halogens is 1. The molecule has 0 radical (unpaired) electrons. The van der Waals surface area contributed by atoms with E-state index in [4.69, 9.17) is 11.6 Å². The van der Waals surface area contributed by atoms with E-state index < -0.39 is 0 Å². The van der Waals surface area contributed by atoms with Gasteiger partial charge in [0.2, 0.25) is 0 Å². The molecule has 0 spiro atoms. The van der Waals surface area contributed by atoms with Crippen LogP contribution in [0.2, 0.25) is 5.15 Å². The van der Waals surface area contributed by atoms with Crippen LogP contribution in [0.1, 0.15) is 41.2 Å². The van der Waals surface area contributed by atoms with E-state index in [1.165, 1.54) is 16.6 Å². The number of hydrogen-bond acceptors (Lipinski definition) is 2. The smallest absolute Gasteiger partial charge is 0.259 e. The molecule has 3 heterocycles. The number of carbonyl (C=O) groups is 1. The first kappa shape index (κ1) is 17.2. The van der Waals surface area contributed by atoms with Crippen molar-refractivity contribution in [1.82, 2.24) is 19.7 Å². The lowest BCUT2D eigenvalue weighted by Crippen LogP contribution is -2.36. The fourth-order valence-electron chi connectivity index (χ4n) is 3.76. The van der Waals surface area contributed by atoms with Crippen molar-refractivity contribution in [3.05, 3.63) is 51.9 Å². The summed E-state index contributed by atoms with van der Waals surface area (Å²) in [6, 6.07) is 8.25. The molecule has 26 heavy (non-hydrogen) atoms. The SMILES string of the molecule is Cc1nn(CC(C)C)c(Cl)c1C(=O)N1CCc2[nH]c3ccccc3c2C1. The summed E-state index contributed by atoms with van der Waals surface area (Å²) in [5, 5.41) is 6.12. The van der Waals surface area contributed by atoms with Gasteiger partial charge in [-0.1, -0.05) is 43.6 Å². The lowest BCUT2D eigenvalue weighted by atomic mass is 10.0. The first-order valence-corrected chi connectivity index (χ1v) is 9.44. The molecule has 5 nitrogen and oxygen atoms in total. The van der Waals surface area contributed by atoms with Crippen LogP contribution in [0.5, 0.6) is 0 Å². The van der Waals surface area contributed by atoms with Gasteiger partial charge in [0.1, 0.15) is 5.15 Å². The molecule has 1 N–H and O–H groups in total. The van der Waals surface area contributed by atoms with Crippen LogP contribution in [0.4, 0.5) is 0 Å². The van der Waals surface area contributed by atoms with Gasteiger partial charge < -0.3 is 9.88 Å². The number of hydrogen-bond donors (Lipinski definition) is 1. The normalized spacial score (nSPS) is 14.3. The van der Waals surface area contributed by atoms with Crippen molar-refractivity contribution in [2.45, 2.75) is 40.3 Å². The lowest BCUT2D eigenvalue weighted by Gasteiger charge is -2.27. The second-order valence-electron chi connectivity index (χ2n) is 7.43. The topological polar surface area (TPSA) is 53.9 Å². The van der Waals surface area contributed by atoms with Crippen LogP contribution in [-0.2, 0) is 19.5 Å². The Morgan fingerprint density at radius 1 is 1.35 bits per heavy atom. The molecule has 1 aliphatic rings. The number of nitrogens with one attached hydrogen (secondary N) is 1. The predicted octanol–water partition coefficient (Wildman–Crippen LogP) is 4.18. The Morgan fingerprint density at radius 2 is 2.12 bits per heavy atom. The van der Waals surface area contributed by atoms with E-state index in [9.17, 15) is 4.79 Å². The second kappa shape index (κ2) is 6.47. The largest absolute Gasteiger partial charge is 0.358 e. The van der Waals surface area contributed by atoms with E-state index in [0.29, 0.717) is 42.0 Å². The van der Waals surface area contributed by atoms with Gasteiger partial charge in [-0.15, -0.1) is 0 Å². The van der Waals surface area contributed by atoms with E-state index >= 15 is 0 Å². The number of aromatic amines is 1. The maximum absolute atomic E-state index is 13.2. The van der Waals surface area contributed by atoms with Crippen molar-refractivity contribution in [3.63, 3.8) is 0 Å². The average molecular weight is 371 g/mol. The second-order valence-corrected chi connectivity index (χ2v) is 7.79. The van der Waals surface area contributed by atoms with Gasteiger partial charge in [-0.2, -0.15) is 5.10 Å². The number of nitrogens with zero attached hydrogens (tertiary/aromatic N) is 3. The first-order valence-electron chi connectivity index (χ1n) is 9.06. The summed E-state index contributed by atoms with van der Waals surface area (Å²) in [6.07, 6.45) is 0.826. The van der Waals surface area contributed by atoms with Crippen molar-refractivity contribution in [2.75, 3.05) is 6.54 Å². The number of rotatable bonds is 3. The van der Waals surface area contributed by atoms with Gasteiger partial charge >= 0.3 is 0 Å². The summed E-state index contributed by atoms with van der Waals surface area (Å²) in [5.74, 6) is 0.386. The minimum atomic E-state index is -0.0292. The minimum Gasteiger partial charge on any atom is -0.358 e. The molecule has 0 aliphatic carbocycles. The summed E-state index contributed by atoms with van der Waals surface area (Å²) in [5.41, 5.74) is 4.81. The molecule has 0 unspecified atom stereocenters. The molecule has 3 aromatic rings. The Labute approximate surface area is 157 Å². The van der Waals surface area contributed by atoms with Crippen LogP contribution in [-0.4, -0.2) is 32.1 Å². The maximum atomic E-state index is 13.2. The zero-order chi connectivity index (χ0) is 18.4. The molecular formula is C20H23ClN4O. The van der Waals surface area contributed by atoms with E-state index in [1.54, 1.807) is 4.68 Å². The molecule has 0 fully saturated rings. The molecule has 6 heteroatoms. The number of benzene rings is 1. The summed E-state index contributed by atoms with van der Waals surface area (Å²) >= 11 is 6.51.